The number of benzene rings is 2. The van der Waals surface area contributed by atoms with Crippen LogP contribution in [0.1, 0.15) is 67.6 Å². The molecular formula is C35H39FN4O5S. The number of carbonyl (C=O) groups is 3. The SMILES string of the molecule is CCCCOc1ccc(-c2cnc(-c3ccc(C[C@H](NC(=O)c4ccc(C(C)(C)C)s4)C(=O)N[C@H](C)C(=O)O)cc3)nc2)cc1F. The standard InChI is InChI=1S/C35H39FN4O5S/c1-6-7-16-45-28-13-12-24(18-26(28)36)25-19-37-31(38-20-25)23-10-8-22(9-11-23)17-27(32(41)39-21(2)34(43)44)40-33(42)29-14-15-30(46-29)35(3,4)5/h8-15,18-21,27H,6-7,16-17H2,1-5H3,(H,39,41)(H,40,42)(H,43,44)/t21-,27+/m1/s1. The van der Waals surface area contributed by atoms with Gasteiger partial charge in [-0.2, -0.15) is 0 Å². The maximum atomic E-state index is 14.5. The minimum atomic E-state index is -1.18. The summed E-state index contributed by atoms with van der Waals surface area (Å²) in [4.78, 5) is 48.0. The van der Waals surface area contributed by atoms with Crippen molar-refractivity contribution in [2.24, 2.45) is 0 Å². The van der Waals surface area contributed by atoms with Gasteiger partial charge in [-0.15, -0.1) is 11.3 Å². The maximum Gasteiger partial charge on any atom is 0.325 e. The molecule has 3 N–H and O–H groups in total. The predicted octanol–water partition coefficient (Wildman–Crippen LogP) is 6.42. The first-order valence-electron chi connectivity index (χ1n) is 15.1. The molecule has 0 aliphatic heterocycles. The van der Waals surface area contributed by atoms with Gasteiger partial charge in [-0.3, -0.25) is 14.4 Å². The van der Waals surface area contributed by atoms with Crippen LogP contribution in [0, 0.1) is 5.82 Å². The number of ether oxygens (including phenoxy) is 1. The quantitative estimate of drug-likeness (QED) is 0.143. The summed E-state index contributed by atoms with van der Waals surface area (Å²) in [7, 11) is 0. The van der Waals surface area contributed by atoms with Gasteiger partial charge in [0.1, 0.15) is 12.1 Å². The molecule has 0 spiro atoms. The topological polar surface area (TPSA) is 131 Å². The van der Waals surface area contributed by atoms with Gasteiger partial charge in [0.05, 0.1) is 11.5 Å². The number of carboxylic acid groups (broad SMARTS) is 1. The number of hydrogen-bond donors (Lipinski definition) is 3. The van der Waals surface area contributed by atoms with Crippen molar-refractivity contribution in [3.8, 4) is 28.3 Å². The molecule has 242 valence electrons. The van der Waals surface area contributed by atoms with Gasteiger partial charge in [0.15, 0.2) is 17.4 Å². The molecule has 2 amide bonds. The van der Waals surface area contributed by atoms with E-state index in [1.54, 1.807) is 54.9 Å². The Labute approximate surface area is 272 Å². The highest BCUT2D eigenvalue weighted by molar-refractivity contribution is 7.14. The zero-order valence-corrected chi connectivity index (χ0v) is 27.4. The highest BCUT2D eigenvalue weighted by Crippen LogP contribution is 2.30. The molecule has 0 radical (unpaired) electrons. The fourth-order valence-corrected chi connectivity index (χ4v) is 5.42. The van der Waals surface area contributed by atoms with Crippen LogP contribution in [-0.2, 0) is 21.4 Å². The third-order valence-electron chi connectivity index (χ3n) is 7.24. The van der Waals surface area contributed by atoms with E-state index in [2.05, 4.69) is 41.4 Å². The van der Waals surface area contributed by atoms with Crippen LogP contribution in [0.25, 0.3) is 22.5 Å². The minimum Gasteiger partial charge on any atom is -0.491 e. The van der Waals surface area contributed by atoms with Crippen LogP contribution in [0.4, 0.5) is 4.39 Å². The molecule has 0 bridgehead atoms. The van der Waals surface area contributed by atoms with E-state index in [0.717, 1.165) is 28.8 Å². The average Bonchev–Trinajstić information content (AvgIpc) is 3.54. The van der Waals surface area contributed by atoms with Crippen molar-refractivity contribution < 1.29 is 28.6 Å². The summed E-state index contributed by atoms with van der Waals surface area (Å²) in [5.41, 5.74) is 2.61. The number of rotatable bonds is 13. The molecule has 2 aromatic carbocycles. The molecule has 0 fully saturated rings. The molecule has 9 nitrogen and oxygen atoms in total. The summed E-state index contributed by atoms with van der Waals surface area (Å²) < 4.78 is 20.0. The smallest absolute Gasteiger partial charge is 0.325 e. The van der Waals surface area contributed by atoms with E-state index in [9.17, 15) is 23.9 Å². The Kier molecular flexibility index (Phi) is 11.2. The van der Waals surface area contributed by atoms with Gasteiger partial charge >= 0.3 is 5.97 Å². The van der Waals surface area contributed by atoms with E-state index in [0.29, 0.717) is 28.4 Å². The summed E-state index contributed by atoms with van der Waals surface area (Å²) in [5.74, 6) is -1.96. The summed E-state index contributed by atoms with van der Waals surface area (Å²) in [6, 6.07) is 13.5. The first-order valence-corrected chi connectivity index (χ1v) is 16.0. The number of nitrogens with zero attached hydrogens (tertiary/aromatic N) is 2. The highest BCUT2D eigenvalue weighted by atomic mass is 32.1. The summed E-state index contributed by atoms with van der Waals surface area (Å²) in [5, 5.41) is 14.5. The van der Waals surface area contributed by atoms with E-state index < -0.39 is 35.7 Å². The second-order valence-electron chi connectivity index (χ2n) is 12.1. The molecule has 11 heteroatoms. The van der Waals surface area contributed by atoms with Crippen molar-refractivity contribution >= 4 is 29.1 Å². The first-order chi connectivity index (χ1) is 21.8. The largest absolute Gasteiger partial charge is 0.491 e. The van der Waals surface area contributed by atoms with Crippen molar-refractivity contribution in [1.29, 1.82) is 0 Å². The number of amides is 2. The van der Waals surface area contributed by atoms with Gasteiger partial charge in [0.2, 0.25) is 5.91 Å². The lowest BCUT2D eigenvalue weighted by atomic mass is 9.95. The van der Waals surface area contributed by atoms with Gasteiger partial charge in [-0.1, -0.05) is 64.4 Å². The molecular weight excluding hydrogens is 607 g/mol. The fraction of sp³-hybridized carbons (Fsp3) is 0.343. The number of aromatic nitrogens is 2. The average molecular weight is 647 g/mol. The van der Waals surface area contributed by atoms with Crippen molar-refractivity contribution in [2.75, 3.05) is 6.61 Å². The number of unbranched alkanes of at least 4 members (excludes halogenated alkanes) is 1. The molecule has 0 aliphatic rings. The van der Waals surface area contributed by atoms with E-state index in [1.165, 1.54) is 24.3 Å². The summed E-state index contributed by atoms with van der Waals surface area (Å²) in [6.07, 6.45) is 5.19. The lowest BCUT2D eigenvalue weighted by Crippen LogP contribution is -2.51. The van der Waals surface area contributed by atoms with Crippen LogP contribution in [0.5, 0.6) is 5.75 Å². The third kappa shape index (κ3) is 8.97. The zero-order chi connectivity index (χ0) is 33.4. The second kappa shape index (κ2) is 15.1. The lowest BCUT2D eigenvalue weighted by molar-refractivity contribution is -0.141. The third-order valence-corrected chi connectivity index (χ3v) is 8.75. The summed E-state index contributed by atoms with van der Waals surface area (Å²) >= 11 is 1.35. The zero-order valence-electron chi connectivity index (χ0n) is 26.6. The van der Waals surface area contributed by atoms with Crippen molar-refractivity contribution in [3.05, 3.63) is 88.1 Å². The van der Waals surface area contributed by atoms with Crippen LogP contribution in [0.15, 0.2) is 67.0 Å². The highest BCUT2D eigenvalue weighted by Gasteiger charge is 2.26. The number of thiophene rings is 1. The molecule has 0 unspecified atom stereocenters. The monoisotopic (exact) mass is 646 g/mol. The lowest BCUT2D eigenvalue weighted by Gasteiger charge is -2.20. The van der Waals surface area contributed by atoms with Gasteiger partial charge < -0.3 is 20.5 Å². The van der Waals surface area contributed by atoms with E-state index in [-0.39, 0.29) is 17.6 Å². The molecule has 4 aromatic rings. The number of hydrogen-bond acceptors (Lipinski definition) is 7. The molecule has 4 rings (SSSR count). The summed E-state index contributed by atoms with van der Waals surface area (Å²) in [6.45, 7) is 10.0. The Morgan fingerprint density at radius 1 is 0.957 bits per heavy atom. The van der Waals surface area contributed by atoms with Gasteiger partial charge in [-0.05, 0) is 54.2 Å². The van der Waals surface area contributed by atoms with Crippen molar-refractivity contribution in [1.82, 2.24) is 20.6 Å². The Bertz CT molecular complexity index is 1670. The molecule has 2 aromatic heterocycles. The first kappa shape index (κ1) is 34.2. The molecule has 0 saturated carbocycles. The maximum absolute atomic E-state index is 14.5. The Morgan fingerprint density at radius 3 is 2.22 bits per heavy atom. The van der Waals surface area contributed by atoms with E-state index in [4.69, 9.17) is 4.74 Å². The van der Waals surface area contributed by atoms with Crippen molar-refractivity contribution in [3.63, 3.8) is 0 Å². The Balaban J connectivity index is 1.47. The molecule has 0 saturated heterocycles. The second-order valence-corrected chi connectivity index (χ2v) is 13.1. The van der Waals surface area contributed by atoms with Gasteiger partial charge in [0.25, 0.3) is 5.91 Å². The fourth-order valence-electron chi connectivity index (χ4n) is 4.45. The van der Waals surface area contributed by atoms with Crippen LogP contribution < -0.4 is 15.4 Å². The Morgan fingerprint density at radius 2 is 1.63 bits per heavy atom. The van der Waals surface area contributed by atoms with Crippen LogP contribution >= 0.6 is 11.3 Å². The number of carboxylic acids is 1. The number of aliphatic carboxylic acids is 1. The number of halogens is 1. The number of nitrogens with one attached hydrogen (secondary N) is 2. The minimum absolute atomic E-state index is 0.130. The van der Waals surface area contributed by atoms with Gasteiger partial charge in [-0.25, -0.2) is 14.4 Å². The van der Waals surface area contributed by atoms with Crippen LogP contribution in [-0.4, -0.2) is 51.5 Å². The molecule has 2 heterocycles. The van der Waals surface area contributed by atoms with E-state index >= 15 is 0 Å². The predicted molar refractivity (Wildman–Crippen MR) is 176 cm³/mol. The molecule has 0 aliphatic carbocycles. The Hall–Kier alpha value is -4.64. The molecule has 46 heavy (non-hydrogen) atoms. The van der Waals surface area contributed by atoms with Crippen LogP contribution in [0.2, 0.25) is 0 Å². The normalized spacial score (nSPS) is 12.7. The molecule has 2 atom stereocenters. The van der Waals surface area contributed by atoms with Crippen molar-refractivity contribution in [2.45, 2.75) is 71.4 Å². The van der Waals surface area contributed by atoms with Crippen LogP contribution in [0.3, 0.4) is 0 Å². The van der Waals surface area contributed by atoms with Gasteiger partial charge in [0, 0.05) is 34.8 Å². The number of carbonyl (C=O) groups excluding carboxylic acids is 2. The van der Waals surface area contributed by atoms with E-state index in [1.807, 2.05) is 13.0 Å².